The third-order valence-corrected chi connectivity index (χ3v) is 11.2. The van der Waals surface area contributed by atoms with E-state index in [9.17, 15) is 0 Å². The van der Waals surface area contributed by atoms with Crippen molar-refractivity contribution in [3.05, 3.63) is 158 Å². The van der Waals surface area contributed by atoms with Crippen molar-refractivity contribution >= 4 is 86.0 Å². The molecule has 0 aliphatic carbocycles. The minimum absolute atomic E-state index is 0.861. The highest BCUT2D eigenvalue weighted by atomic mass is 32.1. The molecule has 0 aliphatic heterocycles. The third-order valence-electron chi connectivity index (χ3n) is 10.1. The minimum Gasteiger partial charge on any atom is -0.456 e. The van der Waals surface area contributed by atoms with E-state index in [2.05, 4.69) is 140 Å². The van der Waals surface area contributed by atoms with Crippen LogP contribution in [0.4, 0.5) is 0 Å². The normalized spacial score (nSPS) is 12.1. The summed E-state index contributed by atoms with van der Waals surface area (Å²) < 4.78 is 15.5. The Morgan fingerprint density at radius 3 is 1.61 bits per heavy atom. The quantitative estimate of drug-likeness (QED) is 0.179. The first-order chi connectivity index (χ1) is 24.3. The summed E-state index contributed by atoms with van der Waals surface area (Å²) in [5.74, 6) is 0.862. The van der Waals surface area contributed by atoms with Crippen LogP contribution in [0, 0.1) is 0 Å². The van der Waals surface area contributed by atoms with Gasteiger partial charge in [0.2, 0.25) is 0 Å². The number of hydrogen-bond donors (Lipinski definition) is 0. The van der Waals surface area contributed by atoms with Crippen LogP contribution in [-0.4, -0.2) is 0 Å². The maximum absolute atomic E-state index is 6.58. The molecule has 0 fully saturated rings. The van der Waals surface area contributed by atoms with Crippen molar-refractivity contribution in [3.8, 4) is 33.6 Å². The molecular formula is C46H26O2S. The van der Waals surface area contributed by atoms with Crippen molar-refractivity contribution in [2.24, 2.45) is 0 Å². The molecular weight excluding hydrogens is 617 g/mol. The van der Waals surface area contributed by atoms with Gasteiger partial charge >= 0.3 is 0 Å². The third kappa shape index (κ3) is 4.00. The van der Waals surface area contributed by atoms with E-state index in [4.69, 9.17) is 8.83 Å². The first-order valence-corrected chi connectivity index (χ1v) is 17.4. The standard InChI is InChI=1S/C46H26O2S/c1-2-10-27(11-3-1)39-23-30-24-42-38(26-40(30)47-39)31-20-18-28(22-41(31)48-42)45-34-13-4-6-15-36(34)46(37-16-7-5-14-35(37)45)29-19-21-33-32-12-8-9-17-43(32)49-44(33)25-29/h1-26H. The number of furan rings is 2. The molecule has 49 heavy (non-hydrogen) atoms. The number of thiophene rings is 1. The lowest BCUT2D eigenvalue weighted by molar-refractivity contribution is 0.631. The molecule has 3 heterocycles. The molecule has 0 spiro atoms. The van der Waals surface area contributed by atoms with E-state index in [1.54, 1.807) is 0 Å². The lowest BCUT2D eigenvalue weighted by Crippen LogP contribution is -1.90. The Morgan fingerprint density at radius 1 is 0.327 bits per heavy atom. The van der Waals surface area contributed by atoms with Gasteiger partial charge in [-0.15, -0.1) is 11.3 Å². The van der Waals surface area contributed by atoms with E-state index in [-0.39, 0.29) is 0 Å². The van der Waals surface area contributed by atoms with Crippen LogP contribution in [0.15, 0.2) is 167 Å². The second-order valence-electron chi connectivity index (χ2n) is 12.8. The molecule has 2 nitrogen and oxygen atoms in total. The van der Waals surface area contributed by atoms with Crippen LogP contribution >= 0.6 is 11.3 Å². The largest absolute Gasteiger partial charge is 0.456 e. The molecule has 0 radical (unpaired) electrons. The summed E-state index contributed by atoms with van der Waals surface area (Å²) in [6, 6.07) is 56.6. The minimum atomic E-state index is 0.861. The molecule has 11 rings (SSSR count). The van der Waals surface area contributed by atoms with E-state index in [1.807, 2.05) is 29.5 Å². The average molecular weight is 643 g/mol. The van der Waals surface area contributed by atoms with E-state index in [0.717, 1.165) is 49.8 Å². The Labute approximate surface area is 285 Å². The smallest absolute Gasteiger partial charge is 0.136 e. The number of hydrogen-bond acceptors (Lipinski definition) is 3. The molecule has 0 saturated carbocycles. The molecule has 0 saturated heterocycles. The summed E-state index contributed by atoms with van der Waals surface area (Å²) in [5.41, 5.74) is 8.54. The van der Waals surface area contributed by atoms with E-state index in [0.29, 0.717) is 0 Å². The maximum atomic E-state index is 6.58. The Bertz CT molecular complexity index is 3050. The average Bonchev–Trinajstić information content (AvgIpc) is 3.85. The SMILES string of the molecule is c1ccc(-c2cc3cc4oc5cc(-c6c7ccccc7c(-c7ccc8c(c7)sc7ccccc78)c7ccccc67)ccc5c4cc3o2)cc1. The zero-order valence-electron chi connectivity index (χ0n) is 26.2. The Hall–Kier alpha value is -6.16. The molecule has 0 aliphatic rings. The van der Waals surface area contributed by atoms with E-state index < -0.39 is 0 Å². The summed E-state index contributed by atoms with van der Waals surface area (Å²) in [6.45, 7) is 0. The fraction of sp³-hybridized carbons (Fsp3) is 0. The molecule has 8 aromatic carbocycles. The molecule has 0 N–H and O–H groups in total. The van der Waals surface area contributed by atoms with Gasteiger partial charge in [-0.3, -0.25) is 0 Å². The molecule has 228 valence electrons. The van der Waals surface area contributed by atoms with Gasteiger partial charge in [-0.25, -0.2) is 0 Å². The molecule has 3 heteroatoms. The number of rotatable bonds is 3. The van der Waals surface area contributed by atoms with Crippen molar-refractivity contribution in [1.29, 1.82) is 0 Å². The van der Waals surface area contributed by atoms with Gasteiger partial charge in [0.05, 0.1) is 0 Å². The lowest BCUT2D eigenvalue weighted by Gasteiger charge is -2.17. The highest BCUT2D eigenvalue weighted by Crippen LogP contribution is 2.46. The highest BCUT2D eigenvalue weighted by Gasteiger charge is 2.19. The molecule has 0 amide bonds. The maximum Gasteiger partial charge on any atom is 0.136 e. The summed E-state index contributed by atoms with van der Waals surface area (Å²) in [5, 5.41) is 10.8. The predicted molar refractivity (Wildman–Crippen MR) is 208 cm³/mol. The first-order valence-electron chi connectivity index (χ1n) is 16.6. The molecule has 0 unspecified atom stereocenters. The second kappa shape index (κ2) is 10.2. The van der Waals surface area contributed by atoms with Crippen molar-refractivity contribution < 1.29 is 8.83 Å². The lowest BCUT2D eigenvalue weighted by atomic mass is 9.86. The Morgan fingerprint density at radius 2 is 0.898 bits per heavy atom. The first kappa shape index (κ1) is 26.9. The molecule has 0 bridgehead atoms. The highest BCUT2D eigenvalue weighted by molar-refractivity contribution is 7.25. The van der Waals surface area contributed by atoms with Gasteiger partial charge in [-0.2, -0.15) is 0 Å². The van der Waals surface area contributed by atoms with Crippen molar-refractivity contribution in [2.75, 3.05) is 0 Å². The van der Waals surface area contributed by atoms with Crippen molar-refractivity contribution in [3.63, 3.8) is 0 Å². The summed E-state index contributed by atoms with van der Waals surface area (Å²) in [7, 11) is 0. The Balaban J connectivity index is 1.11. The predicted octanol–water partition coefficient (Wildman–Crippen LogP) is 14.0. The molecule has 0 atom stereocenters. The number of fused-ring (bicyclic) bond motifs is 9. The van der Waals surface area contributed by atoms with Crippen LogP contribution < -0.4 is 0 Å². The summed E-state index contributed by atoms with van der Waals surface area (Å²) in [6.07, 6.45) is 0. The van der Waals surface area contributed by atoms with Gasteiger partial charge in [0.1, 0.15) is 22.5 Å². The molecule has 11 aromatic rings. The second-order valence-corrected chi connectivity index (χ2v) is 13.9. The topological polar surface area (TPSA) is 26.3 Å². The summed E-state index contributed by atoms with van der Waals surface area (Å²) in [4.78, 5) is 0. The van der Waals surface area contributed by atoms with Crippen LogP contribution in [0.5, 0.6) is 0 Å². The van der Waals surface area contributed by atoms with Crippen molar-refractivity contribution in [2.45, 2.75) is 0 Å². The van der Waals surface area contributed by atoms with Gasteiger partial charge in [0, 0.05) is 41.9 Å². The van der Waals surface area contributed by atoms with Crippen LogP contribution in [0.25, 0.3) is 108 Å². The fourth-order valence-corrected chi connectivity index (χ4v) is 8.99. The monoisotopic (exact) mass is 642 g/mol. The van der Waals surface area contributed by atoms with Crippen LogP contribution in [0.2, 0.25) is 0 Å². The zero-order valence-corrected chi connectivity index (χ0v) is 27.1. The van der Waals surface area contributed by atoms with Gasteiger partial charge in [-0.1, -0.05) is 115 Å². The fourth-order valence-electron chi connectivity index (χ4n) is 7.84. The Kier molecular flexibility index (Phi) is 5.57. The number of benzene rings is 8. The van der Waals surface area contributed by atoms with E-state index >= 15 is 0 Å². The molecule has 3 aromatic heterocycles. The van der Waals surface area contributed by atoms with Gasteiger partial charge in [-0.05, 0) is 86.3 Å². The van der Waals surface area contributed by atoms with Crippen LogP contribution in [0.3, 0.4) is 0 Å². The summed E-state index contributed by atoms with van der Waals surface area (Å²) >= 11 is 1.87. The zero-order chi connectivity index (χ0) is 32.1. The van der Waals surface area contributed by atoms with Gasteiger partial charge in [0.25, 0.3) is 0 Å². The van der Waals surface area contributed by atoms with Gasteiger partial charge in [0.15, 0.2) is 0 Å². The van der Waals surface area contributed by atoms with E-state index in [1.165, 1.54) is 58.4 Å². The van der Waals surface area contributed by atoms with Crippen LogP contribution in [0.1, 0.15) is 0 Å². The van der Waals surface area contributed by atoms with Gasteiger partial charge < -0.3 is 8.83 Å². The van der Waals surface area contributed by atoms with Crippen LogP contribution in [-0.2, 0) is 0 Å². The van der Waals surface area contributed by atoms with Crippen molar-refractivity contribution in [1.82, 2.24) is 0 Å².